The third-order valence-electron chi connectivity index (χ3n) is 5.08. The van der Waals surface area contributed by atoms with Gasteiger partial charge in [-0.3, -0.25) is 9.59 Å². The van der Waals surface area contributed by atoms with Crippen LogP contribution in [0.2, 0.25) is 0 Å². The fraction of sp³-hybridized carbons (Fsp3) is 0.400. The second kappa shape index (κ2) is 10.9. The lowest BCUT2D eigenvalue weighted by Crippen LogP contribution is -2.44. The molecule has 2 aromatic carbocycles. The fourth-order valence-corrected chi connectivity index (χ4v) is 3.61. The molecular weight excluding hydrogens is 438 g/mol. The predicted molar refractivity (Wildman–Crippen MR) is 127 cm³/mol. The molecule has 0 spiro atoms. The van der Waals surface area contributed by atoms with Crippen LogP contribution in [0, 0.1) is 0 Å². The Morgan fingerprint density at radius 1 is 1.06 bits per heavy atom. The Morgan fingerprint density at radius 3 is 2.44 bits per heavy atom. The van der Waals surface area contributed by atoms with Crippen LogP contribution in [0.25, 0.3) is 0 Å². The highest BCUT2D eigenvalue weighted by Crippen LogP contribution is 2.26. The zero-order valence-electron chi connectivity index (χ0n) is 19.7. The highest BCUT2D eigenvalue weighted by molar-refractivity contribution is 5.84. The third-order valence-corrected chi connectivity index (χ3v) is 5.08. The SMILES string of the molecule is CC(C)(C)OC(=O)NC1CCN(C(=O)CN(CC(=O)O)c2cccc(Oc3ccccc3)c2)C1. The summed E-state index contributed by atoms with van der Waals surface area (Å²) in [4.78, 5) is 39.6. The maximum atomic E-state index is 13.0. The molecule has 9 heteroatoms. The van der Waals surface area contributed by atoms with Crippen molar-refractivity contribution in [1.29, 1.82) is 0 Å². The number of ether oxygens (including phenoxy) is 2. The monoisotopic (exact) mass is 469 g/mol. The molecule has 9 nitrogen and oxygen atoms in total. The van der Waals surface area contributed by atoms with E-state index in [1.807, 2.05) is 30.3 Å². The first-order chi connectivity index (χ1) is 16.1. The first kappa shape index (κ1) is 24.9. The van der Waals surface area contributed by atoms with Gasteiger partial charge in [-0.25, -0.2) is 4.79 Å². The molecule has 0 aromatic heterocycles. The lowest BCUT2D eigenvalue weighted by atomic mass is 10.2. The molecule has 3 rings (SSSR count). The summed E-state index contributed by atoms with van der Waals surface area (Å²) in [6.45, 7) is 5.72. The average molecular weight is 470 g/mol. The molecule has 1 unspecified atom stereocenters. The average Bonchev–Trinajstić information content (AvgIpc) is 3.21. The number of amides is 2. The van der Waals surface area contributed by atoms with Gasteiger partial charge in [0.25, 0.3) is 0 Å². The van der Waals surface area contributed by atoms with E-state index in [2.05, 4.69) is 5.32 Å². The molecule has 0 aliphatic carbocycles. The molecule has 1 fully saturated rings. The largest absolute Gasteiger partial charge is 0.480 e. The fourth-order valence-electron chi connectivity index (χ4n) is 3.61. The maximum Gasteiger partial charge on any atom is 0.407 e. The lowest BCUT2D eigenvalue weighted by Gasteiger charge is -2.26. The molecule has 1 heterocycles. The minimum Gasteiger partial charge on any atom is -0.480 e. The van der Waals surface area contributed by atoms with Gasteiger partial charge in [0.1, 0.15) is 23.6 Å². The number of alkyl carbamates (subject to hydrolysis) is 1. The number of aliphatic carboxylic acids is 1. The van der Waals surface area contributed by atoms with Crippen LogP contribution in [0.15, 0.2) is 54.6 Å². The summed E-state index contributed by atoms with van der Waals surface area (Å²) in [7, 11) is 0. The summed E-state index contributed by atoms with van der Waals surface area (Å²) >= 11 is 0. The van der Waals surface area contributed by atoms with Gasteiger partial charge in [-0.05, 0) is 51.5 Å². The lowest BCUT2D eigenvalue weighted by molar-refractivity contribution is -0.135. The molecule has 2 amide bonds. The van der Waals surface area contributed by atoms with E-state index < -0.39 is 17.7 Å². The van der Waals surface area contributed by atoms with E-state index in [1.165, 1.54) is 4.90 Å². The number of nitrogens with one attached hydrogen (secondary N) is 1. The molecule has 0 bridgehead atoms. The van der Waals surface area contributed by atoms with Gasteiger partial charge in [0.05, 0.1) is 12.6 Å². The van der Waals surface area contributed by atoms with Gasteiger partial charge in [-0.15, -0.1) is 0 Å². The number of anilines is 1. The molecule has 1 saturated heterocycles. The zero-order chi connectivity index (χ0) is 24.7. The second-order valence-corrected chi connectivity index (χ2v) is 9.13. The number of rotatable bonds is 8. The minimum atomic E-state index is -1.05. The van der Waals surface area contributed by atoms with Gasteiger partial charge in [-0.1, -0.05) is 24.3 Å². The van der Waals surface area contributed by atoms with Crippen molar-refractivity contribution in [3.8, 4) is 11.5 Å². The number of nitrogens with zero attached hydrogens (tertiary/aromatic N) is 2. The number of hydrogen-bond donors (Lipinski definition) is 2. The van der Waals surface area contributed by atoms with Gasteiger partial charge in [0, 0.05) is 24.8 Å². The Hall–Kier alpha value is -3.75. The van der Waals surface area contributed by atoms with Gasteiger partial charge < -0.3 is 29.7 Å². The van der Waals surface area contributed by atoms with Crippen molar-refractivity contribution in [3.05, 3.63) is 54.6 Å². The first-order valence-corrected chi connectivity index (χ1v) is 11.2. The van der Waals surface area contributed by atoms with E-state index in [9.17, 15) is 19.5 Å². The van der Waals surface area contributed by atoms with Crippen molar-refractivity contribution in [2.45, 2.75) is 38.8 Å². The normalized spacial score (nSPS) is 15.5. The highest BCUT2D eigenvalue weighted by atomic mass is 16.6. The molecular formula is C25H31N3O6. The number of para-hydroxylation sites is 1. The quantitative estimate of drug-likeness (QED) is 0.609. The van der Waals surface area contributed by atoms with Crippen molar-refractivity contribution >= 4 is 23.7 Å². The summed E-state index contributed by atoms with van der Waals surface area (Å²) in [6, 6.07) is 16.0. The molecule has 2 aromatic rings. The maximum absolute atomic E-state index is 13.0. The Labute approximate surface area is 199 Å². The molecule has 182 valence electrons. The standard InChI is InChI=1S/C25H31N3O6/c1-25(2,3)34-24(32)26-18-12-13-27(15-18)22(29)16-28(17-23(30)31)19-8-7-11-21(14-19)33-20-9-5-4-6-10-20/h4-11,14,18H,12-13,15-17H2,1-3H3,(H,26,32)(H,30,31). The molecule has 1 aliphatic heterocycles. The minimum absolute atomic E-state index is 0.111. The molecule has 0 saturated carbocycles. The van der Waals surface area contributed by atoms with Crippen molar-refractivity contribution < 1.29 is 29.0 Å². The molecule has 1 atom stereocenters. The van der Waals surface area contributed by atoms with E-state index in [4.69, 9.17) is 9.47 Å². The van der Waals surface area contributed by atoms with Crippen LogP contribution in [-0.2, 0) is 14.3 Å². The van der Waals surface area contributed by atoms with Gasteiger partial charge in [0.2, 0.25) is 5.91 Å². The summed E-state index contributed by atoms with van der Waals surface area (Å²) in [5, 5.41) is 12.2. The number of hydrogen-bond acceptors (Lipinski definition) is 6. The summed E-state index contributed by atoms with van der Waals surface area (Å²) in [5.41, 5.74) is -0.0410. The number of likely N-dealkylation sites (tertiary alicyclic amines) is 1. The van der Waals surface area contributed by atoms with Crippen LogP contribution in [0.4, 0.5) is 10.5 Å². The Morgan fingerprint density at radius 2 is 1.76 bits per heavy atom. The zero-order valence-corrected chi connectivity index (χ0v) is 19.7. The van der Waals surface area contributed by atoms with Gasteiger partial charge in [-0.2, -0.15) is 0 Å². The molecule has 34 heavy (non-hydrogen) atoms. The Bertz CT molecular complexity index is 1010. The van der Waals surface area contributed by atoms with E-state index in [0.717, 1.165) is 0 Å². The Balaban J connectivity index is 1.63. The van der Waals surface area contributed by atoms with E-state index in [1.54, 1.807) is 49.9 Å². The van der Waals surface area contributed by atoms with E-state index in [0.29, 0.717) is 36.7 Å². The number of carboxylic acid groups (broad SMARTS) is 1. The van der Waals surface area contributed by atoms with Crippen LogP contribution < -0.4 is 15.0 Å². The third kappa shape index (κ3) is 7.68. The number of carbonyl (C=O) groups excluding carboxylic acids is 2. The molecule has 2 N–H and O–H groups in total. The van der Waals surface area contributed by atoms with Crippen LogP contribution >= 0.6 is 0 Å². The predicted octanol–water partition coefficient (Wildman–Crippen LogP) is 3.50. The topological polar surface area (TPSA) is 108 Å². The van der Waals surface area contributed by atoms with E-state index >= 15 is 0 Å². The van der Waals surface area contributed by atoms with Gasteiger partial charge in [0.15, 0.2) is 0 Å². The summed E-state index contributed by atoms with van der Waals surface area (Å²) < 4.78 is 11.1. The number of carbonyl (C=O) groups is 3. The smallest absolute Gasteiger partial charge is 0.407 e. The second-order valence-electron chi connectivity index (χ2n) is 9.13. The van der Waals surface area contributed by atoms with Crippen LogP contribution in [0.1, 0.15) is 27.2 Å². The van der Waals surface area contributed by atoms with Crippen LogP contribution in [0.5, 0.6) is 11.5 Å². The highest BCUT2D eigenvalue weighted by Gasteiger charge is 2.30. The molecule has 0 radical (unpaired) electrons. The summed E-state index contributed by atoms with van der Waals surface area (Å²) in [5.74, 6) is -0.0763. The first-order valence-electron chi connectivity index (χ1n) is 11.2. The van der Waals surface area contributed by atoms with Crippen molar-refractivity contribution in [2.24, 2.45) is 0 Å². The summed E-state index contributed by atoms with van der Waals surface area (Å²) in [6.07, 6.45) is 0.0826. The van der Waals surface area contributed by atoms with Crippen molar-refractivity contribution in [2.75, 3.05) is 31.1 Å². The van der Waals surface area contributed by atoms with Crippen molar-refractivity contribution in [1.82, 2.24) is 10.2 Å². The number of benzene rings is 2. The molecule has 1 aliphatic rings. The van der Waals surface area contributed by atoms with E-state index in [-0.39, 0.29) is 25.0 Å². The Kier molecular flexibility index (Phi) is 7.99. The number of carboxylic acids is 1. The van der Waals surface area contributed by atoms with Crippen LogP contribution in [0.3, 0.4) is 0 Å². The van der Waals surface area contributed by atoms with Crippen molar-refractivity contribution in [3.63, 3.8) is 0 Å². The van der Waals surface area contributed by atoms with Crippen LogP contribution in [-0.4, -0.2) is 65.8 Å². The van der Waals surface area contributed by atoms with Gasteiger partial charge >= 0.3 is 12.1 Å².